The maximum Gasteiger partial charge on any atom is 0.278 e. The zero-order chi connectivity index (χ0) is 17.1. The minimum absolute atomic E-state index is 0.0669. The molecule has 0 aliphatic heterocycles. The van der Waals surface area contributed by atoms with Crippen LogP contribution in [0.4, 0.5) is 11.4 Å². The number of pyridine rings is 1. The van der Waals surface area contributed by atoms with Crippen LogP contribution in [0.15, 0.2) is 30.5 Å². The highest BCUT2D eigenvalue weighted by Gasteiger charge is 2.26. The fraction of sp³-hybridized carbons (Fsp3) is 0.471. The lowest BCUT2D eigenvalue weighted by Gasteiger charge is -2.30. The smallest absolute Gasteiger partial charge is 0.278 e. The number of fused-ring (bicyclic) bond motifs is 1. The van der Waals surface area contributed by atoms with E-state index in [0.717, 1.165) is 31.4 Å². The van der Waals surface area contributed by atoms with Crippen molar-refractivity contribution in [3.63, 3.8) is 0 Å². The molecule has 7 heteroatoms. The summed E-state index contributed by atoms with van der Waals surface area (Å²) in [5, 5.41) is 15.4. The first-order chi connectivity index (χ1) is 11.6. The van der Waals surface area contributed by atoms with Crippen LogP contribution in [0.1, 0.15) is 32.6 Å². The van der Waals surface area contributed by atoms with Crippen LogP contribution in [0.2, 0.25) is 0 Å². The Bertz CT molecular complexity index is 781. The number of nitrogens with zero attached hydrogens (tertiary/aromatic N) is 2. The van der Waals surface area contributed by atoms with Crippen LogP contribution in [-0.2, 0) is 10.8 Å². The number of non-ortho nitro benzene ring substituents is 1. The molecule has 3 unspecified atom stereocenters. The molecule has 0 bridgehead atoms. The predicted octanol–water partition coefficient (Wildman–Crippen LogP) is 3.63. The molecule has 3 rings (SSSR count). The Hall–Kier alpha value is -2.02. The topological polar surface area (TPSA) is 85.1 Å². The van der Waals surface area contributed by atoms with Crippen molar-refractivity contribution in [1.82, 2.24) is 4.98 Å². The van der Waals surface area contributed by atoms with Gasteiger partial charge in [0.05, 0.1) is 16.0 Å². The van der Waals surface area contributed by atoms with Gasteiger partial charge in [0.2, 0.25) is 0 Å². The van der Waals surface area contributed by atoms with Crippen molar-refractivity contribution in [2.75, 3.05) is 11.1 Å². The van der Waals surface area contributed by atoms with Gasteiger partial charge in [-0.15, -0.1) is 0 Å². The first kappa shape index (κ1) is 16.8. The van der Waals surface area contributed by atoms with Crippen LogP contribution in [-0.4, -0.2) is 31.2 Å². The van der Waals surface area contributed by atoms with E-state index in [9.17, 15) is 14.3 Å². The highest BCUT2D eigenvalue weighted by Crippen LogP contribution is 2.32. The molecule has 24 heavy (non-hydrogen) atoms. The third kappa shape index (κ3) is 3.40. The number of nitrogens with one attached hydrogen (secondary N) is 1. The molecule has 1 aromatic heterocycles. The van der Waals surface area contributed by atoms with Crippen LogP contribution in [0.3, 0.4) is 0 Å². The van der Waals surface area contributed by atoms with Gasteiger partial charge in [-0.25, -0.2) is 0 Å². The Morgan fingerprint density at radius 1 is 1.38 bits per heavy atom. The van der Waals surface area contributed by atoms with Crippen molar-refractivity contribution in [2.24, 2.45) is 0 Å². The zero-order valence-electron chi connectivity index (χ0n) is 13.6. The lowest BCUT2D eigenvalue weighted by Crippen LogP contribution is -2.33. The van der Waals surface area contributed by atoms with Gasteiger partial charge < -0.3 is 5.32 Å². The maximum atomic E-state index is 12.1. The number of hydrogen-bond donors (Lipinski definition) is 1. The van der Waals surface area contributed by atoms with Gasteiger partial charge in [-0.05, 0) is 37.5 Å². The summed E-state index contributed by atoms with van der Waals surface area (Å²) in [4.78, 5) is 15.1. The molecule has 1 aliphatic carbocycles. The number of benzene rings is 1. The molecule has 0 amide bonds. The van der Waals surface area contributed by atoms with Crippen molar-refractivity contribution in [1.29, 1.82) is 0 Å². The van der Waals surface area contributed by atoms with Gasteiger partial charge in [0.15, 0.2) is 0 Å². The number of aromatic nitrogens is 1. The number of nitro groups is 1. The van der Waals surface area contributed by atoms with Crippen LogP contribution < -0.4 is 5.32 Å². The number of nitro benzene ring substituents is 1. The molecule has 0 saturated heterocycles. The van der Waals surface area contributed by atoms with Crippen molar-refractivity contribution >= 4 is 33.1 Å². The molecule has 6 nitrogen and oxygen atoms in total. The van der Waals surface area contributed by atoms with Crippen molar-refractivity contribution in [3.8, 4) is 0 Å². The molecule has 1 N–H and O–H groups in total. The van der Waals surface area contributed by atoms with Crippen LogP contribution >= 0.6 is 0 Å². The van der Waals surface area contributed by atoms with E-state index in [0.29, 0.717) is 16.7 Å². The van der Waals surface area contributed by atoms with E-state index in [1.54, 1.807) is 24.4 Å². The second kappa shape index (κ2) is 7.25. The van der Waals surface area contributed by atoms with Crippen LogP contribution in [0.25, 0.3) is 10.9 Å². The van der Waals surface area contributed by atoms with Crippen LogP contribution in [0.5, 0.6) is 0 Å². The Labute approximate surface area is 143 Å². The molecule has 1 aliphatic rings. The normalized spacial score (nSPS) is 22.2. The van der Waals surface area contributed by atoms with E-state index in [1.165, 1.54) is 6.07 Å². The van der Waals surface area contributed by atoms with Gasteiger partial charge in [0.1, 0.15) is 5.52 Å². The first-order valence-corrected chi connectivity index (χ1v) is 9.64. The summed E-state index contributed by atoms with van der Waals surface area (Å²) in [6, 6.07) is 6.91. The van der Waals surface area contributed by atoms with Crippen molar-refractivity contribution < 1.29 is 9.13 Å². The SMILES string of the molecule is CCS(=O)C1CCCC(Nc2ccc([N+](=O)[O-])c3cccnc23)C1. The summed E-state index contributed by atoms with van der Waals surface area (Å²) < 4.78 is 12.1. The van der Waals surface area contributed by atoms with Gasteiger partial charge in [0.25, 0.3) is 5.69 Å². The quantitative estimate of drug-likeness (QED) is 0.659. The van der Waals surface area contributed by atoms with Gasteiger partial charge in [0, 0.05) is 40.1 Å². The average molecular weight is 347 g/mol. The third-order valence-electron chi connectivity index (χ3n) is 4.59. The average Bonchev–Trinajstić information content (AvgIpc) is 2.61. The highest BCUT2D eigenvalue weighted by molar-refractivity contribution is 7.85. The van der Waals surface area contributed by atoms with Gasteiger partial charge >= 0.3 is 0 Å². The zero-order valence-corrected chi connectivity index (χ0v) is 14.4. The molecule has 3 atom stereocenters. The highest BCUT2D eigenvalue weighted by atomic mass is 32.2. The van der Waals surface area contributed by atoms with E-state index in [-0.39, 0.29) is 21.9 Å². The number of anilines is 1. The second-order valence-electron chi connectivity index (χ2n) is 6.09. The Morgan fingerprint density at radius 2 is 2.21 bits per heavy atom. The molecular formula is C17H21N3O3S. The predicted molar refractivity (Wildman–Crippen MR) is 96.7 cm³/mol. The summed E-state index contributed by atoms with van der Waals surface area (Å²) in [6.45, 7) is 1.96. The summed E-state index contributed by atoms with van der Waals surface area (Å²) in [6.07, 6.45) is 5.59. The Balaban J connectivity index is 1.87. The van der Waals surface area contributed by atoms with Gasteiger partial charge in [-0.2, -0.15) is 0 Å². The summed E-state index contributed by atoms with van der Waals surface area (Å²) >= 11 is 0. The fourth-order valence-corrected chi connectivity index (χ4v) is 4.75. The van der Waals surface area contributed by atoms with E-state index < -0.39 is 10.8 Å². The minimum Gasteiger partial charge on any atom is -0.381 e. The lowest BCUT2D eigenvalue weighted by atomic mass is 9.94. The molecule has 1 aromatic carbocycles. The molecule has 2 aromatic rings. The Morgan fingerprint density at radius 3 is 2.96 bits per heavy atom. The molecule has 128 valence electrons. The van der Waals surface area contributed by atoms with Crippen LogP contribution in [0, 0.1) is 10.1 Å². The number of hydrogen-bond acceptors (Lipinski definition) is 5. The second-order valence-corrected chi connectivity index (χ2v) is 8.09. The van der Waals surface area contributed by atoms with Crippen molar-refractivity contribution in [2.45, 2.75) is 43.9 Å². The van der Waals surface area contributed by atoms with Crippen molar-refractivity contribution in [3.05, 3.63) is 40.6 Å². The summed E-state index contributed by atoms with van der Waals surface area (Å²) in [7, 11) is -0.774. The third-order valence-corrected chi connectivity index (χ3v) is 6.33. The molecule has 1 saturated carbocycles. The fourth-order valence-electron chi connectivity index (χ4n) is 3.40. The van der Waals surface area contributed by atoms with E-state index >= 15 is 0 Å². The first-order valence-electron chi connectivity index (χ1n) is 8.26. The molecular weight excluding hydrogens is 326 g/mol. The lowest BCUT2D eigenvalue weighted by molar-refractivity contribution is -0.383. The molecule has 1 fully saturated rings. The molecule has 1 heterocycles. The molecule has 0 spiro atoms. The van der Waals surface area contributed by atoms with Gasteiger partial charge in [-0.3, -0.25) is 19.3 Å². The van der Waals surface area contributed by atoms with E-state index in [2.05, 4.69) is 10.3 Å². The maximum absolute atomic E-state index is 12.1. The largest absolute Gasteiger partial charge is 0.381 e. The monoisotopic (exact) mass is 347 g/mol. The summed E-state index contributed by atoms with van der Waals surface area (Å²) in [5.74, 6) is 0.694. The number of rotatable bonds is 5. The van der Waals surface area contributed by atoms with E-state index in [4.69, 9.17) is 0 Å². The van der Waals surface area contributed by atoms with Gasteiger partial charge in [-0.1, -0.05) is 13.3 Å². The molecule has 0 radical (unpaired) electrons. The standard InChI is InChI=1S/C17H21N3O3S/c1-2-24(23)13-6-3-5-12(11-13)19-15-8-9-16(20(21)22)14-7-4-10-18-17(14)15/h4,7-10,12-13,19H,2-3,5-6,11H2,1H3. The van der Waals surface area contributed by atoms with E-state index in [1.807, 2.05) is 6.92 Å². The Kier molecular flexibility index (Phi) is 5.08. The summed E-state index contributed by atoms with van der Waals surface area (Å²) in [5.41, 5.74) is 1.49. The minimum atomic E-state index is -0.774.